The molecule has 0 spiro atoms. The zero-order chi connectivity index (χ0) is 15.9. The lowest BCUT2D eigenvalue weighted by Gasteiger charge is -2.07. The van der Waals surface area contributed by atoms with Crippen LogP contribution in [0.15, 0.2) is 64.6 Å². The summed E-state index contributed by atoms with van der Waals surface area (Å²) >= 11 is 1.03. The van der Waals surface area contributed by atoms with Crippen LogP contribution in [0.3, 0.4) is 0 Å². The molecule has 0 aliphatic heterocycles. The standard InChI is InChI=1S/C16H14N2O3S/c1-11(19)15(18-17-12-7-3-2-4-8-12)22-14-10-6-5-9-13(14)16(20)21/h2-10,17H,1H3,(H,20,21)/b18-15+. The number of hydrogen-bond acceptors (Lipinski definition) is 5. The van der Waals surface area contributed by atoms with Gasteiger partial charge in [0, 0.05) is 11.8 Å². The normalized spacial score (nSPS) is 11.0. The van der Waals surface area contributed by atoms with E-state index < -0.39 is 5.97 Å². The van der Waals surface area contributed by atoms with Gasteiger partial charge in [-0.25, -0.2) is 4.79 Å². The summed E-state index contributed by atoms with van der Waals surface area (Å²) in [6.07, 6.45) is 0. The first-order valence-corrected chi connectivity index (χ1v) is 7.29. The third-order valence-corrected chi connectivity index (χ3v) is 3.83. The van der Waals surface area contributed by atoms with E-state index in [4.69, 9.17) is 0 Å². The number of nitrogens with zero attached hydrogens (tertiary/aromatic N) is 1. The van der Waals surface area contributed by atoms with E-state index in [0.29, 0.717) is 4.90 Å². The second-order valence-electron chi connectivity index (χ2n) is 4.35. The minimum Gasteiger partial charge on any atom is -0.478 e. The number of carboxylic acid groups (broad SMARTS) is 1. The molecule has 0 aliphatic carbocycles. The highest BCUT2D eigenvalue weighted by molar-refractivity contribution is 8.15. The Morgan fingerprint density at radius 2 is 1.68 bits per heavy atom. The van der Waals surface area contributed by atoms with Crippen molar-refractivity contribution in [1.29, 1.82) is 0 Å². The Balaban J connectivity index is 2.23. The maximum Gasteiger partial charge on any atom is 0.336 e. The van der Waals surface area contributed by atoms with Crippen molar-refractivity contribution in [2.45, 2.75) is 11.8 Å². The van der Waals surface area contributed by atoms with Gasteiger partial charge in [0.05, 0.1) is 11.3 Å². The average molecular weight is 314 g/mol. The zero-order valence-corrected chi connectivity index (χ0v) is 12.6. The number of carbonyl (C=O) groups excluding carboxylic acids is 1. The Kier molecular flexibility index (Phi) is 5.32. The number of carbonyl (C=O) groups is 2. The van der Waals surface area contributed by atoms with Crippen molar-refractivity contribution in [2.24, 2.45) is 5.10 Å². The number of hydrazone groups is 1. The van der Waals surface area contributed by atoms with Crippen LogP contribution in [0, 0.1) is 0 Å². The number of aromatic carboxylic acids is 1. The number of thioether (sulfide) groups is 1. The minimum atomic E-state index is -1.04. The van der Waals surface area contributed by atoms with Gasteiger partial charge in [0.25, 0.3) is 0 Å². The Morgan fingerprint density at radius 3 is 2.32 bits per heavy atom. The monoisotopic (exact) mass is 314 g/mol. The van der Waals surface area contributed by atoms with Crippen LogP contribution in [-0.2, 0) is 4.79 Å². The topological polar surface area (TPSA) is 78.8 Å². The van der Waals surface area contributed by atoms with Crippen molar-refractivity contribution in [3.63, 3.8) is 0 Å². The van der Waals surface area contributed by atoms with Gasteiger partial charge in [-0.15, -0.1) is 0 Å². The van der Waals surface area contributed by atoms with Crippen LogP contribution in [0.2, 0.25) is 0 Å². The first kappa shape index (κ1) is 15.8. The van der Waals surface area contributed by atoms with Crippen LogP contribution in [0.5, 0.6) is 0 Å². The van der Waals surface area contributed by atoms with Crippen molar-refractivity contribution in [2.75, 3.05) is 5.43 Å². The molecule has 6 heteroatoms. The third-order valence-electron chi connectivity index (χ3n) is 2.69. The number of anilines is 1. The maximum absolute atomic E-state index is 11.7. The Hall–Kier alpha value is -2.60. The van der Waals surface area contributed by atoms with Crippen molar-refractivity contribution in [3.8, 4) is 0 Å². The number of benzene rings is 2. The van der Waals surface area contributed by atoms with Gasteiger partial charge in [0.2, 0.25) is 0 Å². The fourth-order valence-electron chi connectivity index (χ4n) is 1.64. The summed E-state index contributed by atoms with van der Waals surface area (Å²) < 4.78 is 0. The van der Waals surface area contributed by atoms with E-state index in [0.717, 1.165) is 17.4 Å². The molecular weight excluding hydrogens is 300 g/mol. The molecule has 0 aliphatic rings. The number of carboxylic acids is 1. The maximum atomic E-state index is 11.7. The van der Waals surface area contributed by atoms with Crippen molar-refractivity contribution in [1.82, 2.24) is 0 Å². The lowest BCUT2D eigenvalue weighted by Crippen LogP contribution is -2.09. The molecule has 22 heavy (non-hydrogen) atoms. The zero-order valence-electron chi connectivity index (χ0n) is 11.8. The van der Waals surface area contributed by atoms with Crippen molar-refractivity contribution < 1.29 is 14.7 Å². The molecule has 0 unspecified atom stereocenters. The fourth-order valence-corrected chi connectivity index (χ4v) is 2.49. The predicted molar refractivity (Wildman–Crippen MR) is 87.4 cm³/mol. The average Bonchev–Trinajstić information content (AvgIpc) is 2.52. The molecule has 0 amide bonds. The number of ketones is 1. The van der Waals surface area contributed by atoms with Crippen molar-refractivity contribution >= 4 is 34.2 Å². The van der Waals surface area contributed by atoms with E-state index in [1.54, 1.807) is 18.2 Å². The summed E-state index contributed by atoms with van der Waals surface area (Å²) in [5, 5.41) is 13.4. The predicted octanol–water partition coefficient (Wildman–Crippen LogP) is 3.49. The molecule has 2 aromatic carbocycles. The molecule has 2 rings (SSSR count). The SMILES string of the molecule is CC(=O)/C(=N\Nc1ccccc1)Sc1ccccc1C(=O)O. The smallest absolute Gasteiger partial charge is 0.336 e. The summed E-state index contributed by atoms with van der Waals surface area (Å²) in [6, 6.07) is 15.7. The van der Waals surface area contributed by atoms with Gasteiger partial charge in [-0.2, -0.15) is 5.10 Å². The largest absolute Gasteiger partial charge is 0.478 e. The molecule has 2 N–H and O–H groups in total. The third kappa shape index (κ3) is 4.20. The van der Waals surface area contributed by atoms with E-state index in [1.807, 2.05) is 30.3 Å². The van der Waals surface area contributed by atoms with E-state index in [9.17, 15) is 14.7 Å². The molecule has 0 radical (unpaired) electrons. The van der Waals surface area contributed by atoms with Crippen LogP contribution in [0.1, 0.15) is 17.3 Å². The van der Waals surface area contributed by atoms with Gasteiger partial charge >= 0.3 is 5.97 Å². The Labute approximate surface area is 132 Å². The molecule has 0 bridgehead atoms. The van der Waals surface area contributed by atoms with Crippen LogP contribution >= 0.6 is 11.8 Å². The van der Waals surface area contributed by atoms with Gasteiger partial charge in [-0.1, -0.05) is 42.1 Å². The van der Waals surface area contributed by atoms with Gasteiger partial charge in [0.1, 0.15) is 0 Å². The molecule has 2 aromatic rings. The van der Waals surface area contributed by atoms with Crippen LogP contribution < -0.4 is 5.43 Å². The summed E-state index contributed by atoms with van der Waals surface area (Å²) in [5.41, 5.74) is 3.68. The summed E-state index contributed by atoms with van der Waals surface area (Å²) in [4.78, 5) is 23.4. The molecular formula is C16H14N2O3S. The van der Waals surface area contributed by atoms with Crippen molar-refractivity contribution in [3.05, 3.63) is 60.2 Å². The highest BCUT2D eigenvalue weighted by Crippen LogP contribution is 2.24. The minimum absolute atomic E-state index is 0.140. The Bertz CT molecular complexity index is 714. The highest BCUT2D eigenvalue weighted by atomic mass is 32.2. The number of hydrogen-bond donors (Lipinski definition) is 2. The molecule has 0 saturated heterocycles. The quantitative estimate of drug-likeness (QED) is 0.382. The highest BCUT2D eigenvalue weighted by Gasteiger charge is 2.15. The van der Waals surface area contributed by atoms with E-state index in [-0.39, 0.29) is 16.4 Å². The molecule has 0 atom stereocenters. The number of nitrogens with one attached hydrogen (secondary N) is 1. The Morgan fingerprint density at radius 1 is 1.05 bits per heavy atom. The lowest BCUT2D eigenvalue weighted by atomic mass is 10.2. The number of rotatable bonds is 5. The van der Waals surface area contributed by atoms with Crippen LogP contribution in [0.25, 0.3) is 0 Å². The molecule has 5 nitrogen and oxygen atoms in total. The molecule has 112 valence electrons. The van der Waals surface area contributed by atoms with Crippen LogP contribution in [-0.4, -0.2) is 21.9 Å². The molecule has 0 fully saturated rings. The first-order chi connectivity index (χ1) is 10.6. The molecule has 0 heterocycles. The summed E-state index contributed by atoms with van der Waals surface area (Å²) in [6.45, 7) is 1.39. The lowest BCUT2D eigenvalue weighted by molar-refractivity contribution is -0.110. The van der Waals surface area contributed by atoms with E-state index in [2.05, 4.69) is 10.5 Å². The number of para-hydroxylation sites is 1. The van der Waals surface area contributed by atoms with Gasteiger partial charge in [0.15, 0.2) is 10.8 Å². The second kappa shape index (κ2) is 7.42. The fraction of sp³-hybridized carbons (Fsp3) is 0.0625. The van der Waals surface area contributed by atoms with Gasteiger partial charge < -0.3 is 5.11 Å². The molecule has 0 aromatic heterocycles. The van der Waals surface area contributed by atoms with E-state index in [1.165, 1.54) is 13.0 Å². The first-order valence-electron chi connectivity index (χ1n) is 6.48. The van der Waals surface area contributed by atoms with Gasteiger partial charge in [-0.05, 0) is 24.3 Å². The summed E-state index contributed by atoms with van der Waals surface area (Å²) in [7, 11) is 0. The number of Topliss-reactive ketones (excluding diaryl/α,β-unsaturated/α-hetero) is 1. The second-order valence-corrected chi connectivity index (χ2v) is 5.38. The summed E-state index contributed by atoms with van der Waals surface area (Å²) in [5.74, 6) is -1.28. The van der Waals surface area contributed by atoms with Gasteiger partial charge in [-0.3, -0.25) is 10.2 Å². The molecule has 0 saturated carbocycles. The van der Waals surface area contributed by atoms with E-state index >= 15 is 0 Å². The van der Waals surface area contributed by atoms with Crippen LogP contribution in [0.4, 0.5) is 5.69 Å².